The van der Waals surface area contributed by atoms with E-state index in [1.54, 1.807) is 11.1 Å². The molecule has 0 atom stereocenters. The predicted octanol–water partition coefficient (Wildman–Crippen LogP) is 3.86. The highest BCUT2D eigenvalue weighted by atomic mass is 19.1. The lowest BCUT2D eigenvalue weighted by atomic mass is 9.84. The standard InChI is InChI=1S/C27H28FN7O2/c28-22-17-30-26(35-10-9-31-32-35)24-23(22)21(16-29-24)25(36)27(37)34-13-11-33(12-14-34)20-8-4-7-19(15-20)18-5-2-1-3-6-18/h4,7-10,15-18,29H,1-3,5-6,11-14H2. The molecule has 0 radical (unpaired) electrons. The van der Waals surface area contributed by atoms with Crippen LogP contribution in [0.4, 0.5) is 10.1 Å². The zero-order valence-electron chi connectivity index (χ0n) is 20.4. The largest absolute Gasteiger partial charge is 0.368 e. The smallest absolute Gasteiger partial charge is 0.295 e. The first-order chi connectivity index (χ1) is 18.1. The Bertz CT molecular complexity index is 1430. The molecule has 37 heavy (non-hydrogen) atoms. The van der Waals surface area contributed by atoms with E-state index in [-0.39, 0.29) is 16.5 Å². The fourth-order valence-electron chi connectivity index (χ4n) is 5.61. The summed E-state index contributed by atoms with van der Waals surface area (Å²) in [5, 5.41) is 7.66. The van der Waals surface area contributed by atoms with Crippen LogP contribution in [0.1, 0.15) is 53.9 Å². The van der Waals surface area contributed by atoms with Crippen molar-refractivity contribution in [2.45, 2.75) is 38.0 Å². The van der Waals surface area contributed by atoms with Crippen molar-refractivity contribution in [3.05, 3.63) is 66.0 Å². The van der Waals surface area contributed by atoms with Gasteiger partial charge in [-0.2, -0.15) is 0 Å². The number of hydrogen-bond donors (Lipinski definition) is 1. The number of hydrogen-bond acceptors (Lipinski definition) is 6. The van der Waals surface area contributed by atoms with Gasteiger partial charge in [-0.3, -0.25) is 9.59 Å². The van der Waals surface area contributed by atoms with Crippen LogP contribution in [0.3, 0.4) is 0 Å². The van der Waals surface area contributed by atoms with Crippen molar-refractivity contribution in [2.75, 3.05) is 31.1 Å². The zero-order valence-corrected chi connectivity index (χ0v) is 20.4. The monoisotopic (exact) mass is 501 g/mol. The van der Waals surface area contributed by atoms with E-state index in [4.69, 9.17) is 0 Å². The summed E-state index contributed by atoms with van der Waals surface area (Å²) in [6, 6.07) is 8.74. The van der Waals surface area contributed by atoms with Crippen LogP contribution in [-0.2, 0) is 4.79 Å². The number of Topliss-reactive ketones (excluding diaryl/α,β-unsaturated/α-hetero) is 1. The van der Waals surface area contributed by atoms with Gasteiger partial charge in [-0.05, 0) is 36.5 Å². The second kappa shape index (κ2) is 9.76. The average molecular weight is 502 g/mol. The molecular weight excluding hydrogens is 473 g/mol. The van der Waals surface area contributed by atoms with E-state index in [1.165, 1.54) is 54.7 Å². The van der Waals surface area contributed by atoms with Crippen molar-refractivity contribution < 1.29 is 14.0 Å². The lowest BCUT2D eigenvalue weighted by Crippen LogP contribution is -2.50. The van der Waals surface area contributed by atoms with Crippen LogP contribution in [0.15, 0.2) is 49.1 Å². The first-order valence-corrected chi connectivity index (χ1v) is 12.8. The number of fused-ring (bicyclic) bond motifs is 1. The molecule has 9 nitrogen and oxygen atoms in total. The maximum absolute atomic E-state index is 14.8. The van der Waals surface area contributed by atoms with E-state index in [9.17, 15) is 14.0 Å². The average Bonchev–Trinajstić information content (AvgIpc) is 3.65. The molecule has 0 bridgehead atoms. The number of nitrogens with zero attached hydrogens (tertiary/aromatic N) is 6. The third kappa shape index (κ3) is 4.36. The van der Waals surface area contributed by atoms with Crippen LogP contribution < -0.4 is 4.90 Å². The summed E-state index contributed by atoms with van der Waals surface area (Å²) in [5.74, 6) is -1.13. The number of pyridine rings is 1. The van der Waals surface area contributed by atoms with E-state index in [0.29, 0.717) is 37.9 Å². The molecule has 4 heterocycles. The zero-order chi connectivity index (χ0) is 25.4. The van der Waals surface area contributed by atoms with Crippen molar-refractivity contribution in [3.63, 3.8) is 0 Å². The van der Waals surface area contributed by atoms with Crippen molar-refractivity contribution in [1.29, 1.82) is 0 Å². The highest BCUT2D eigenvalue weighted by Crippen LogP contribution is 2.34. The Morgan fingerprint density at radius 3 is 2.62 bits per heavy atom. The van der Waals surface area contributed by atoms with Gasteiger partial charge < -0.3 is 14.8 Å². The minimum absolute atomic E-state index is 0.0103. The Balaban J connectivity index is 1.16. The summed E-state index contributed by atoms with van der Waals surface area (Å²) >= 11 is 0. The number of nitrogens with one attached hydrogen (secondary N) is 1. The molecular formula is C27H28FN7O2. The van der Waals surface area contributed by atoms with Crippen LogP contribution in [-0.4, -0.2) is 67.7 Å². The molecule has 1 aliphatic heterocycles. The fourth-order valence-corrected chi connectivity index (χ4v) is 5.61. The van der Waals surface area contributed by atoms with Gasteiger partial charge in [0.05, 0.1) is 35.1 Å². The minimum atomic E-state index is -0.742. The molecule has 1 aromatic carbocycles. The van der Waals surface area contributed by atoms with Crippen LogP contribution in [0.2, 0.25) is 0 Å². The fraction of sp³-hybridized carbons (Fsp3) is 0.370. The minimum Gasteiger partial charge on any atom is -0.368 e. The Hall–Kier alpha value is -4.08. The molecule has 4 aromatic rings. The van der Waals surface area contributed by atoms with Gasteiger partial charge in [0.1, 0.15) is 0 Å². The molecule has 6 rings (SSSR count). The summed E-state index contributed by atoms with van der Waals surface area (Å²) in [4.78, 5) is 37.1. The Morgan fingerprint density at radius 2 is 1.86 bits per heavy atom. The maximum Gasteiger partial charge on any atom is 0.295 e. The third-order valence-corrected chi connectivity index (χ3v) is 7.60. The SMILES string of the molecule is O=C(C(=O)N1CCN(c2cccc(C3CCCCC3)c2)CC1)c1c[nH]c2c(-n3ccnn3)ncc(F)c12. The van der Waals surface area contributed by atoms with Gasteiger partial charge >= 0.3 is 0 Å². The maximum atomic E-state index is 14.8. The molecule has 3 aromatic heterocycles. The molecule has 0 spiro atoms. The second-order valence-electron chi connectivity index (χ2n) is 9.77. The number of carbonyl (C=O) groups excluding carboxylic acids is 2. The Kier molecular flexibility index (Phi) is 6.15. The van der Waals surface area contributed by atoms with Gasteiger partial charge in [-0.25, -0.2) is 14.1 Å². The van der Waals surface area contributed by atoms with Gasteiger partial charge in [0, 0.05) is 38.1 Å². The number of amides is 1. The molecule has 1 amide bonds. The number of carbonyl (C=O) groups is 2. The number of halogens is 1. The van der Waals surface area contributed by atoms with Gasteiger partial charge in [-0.15, -0.1) is 5.10 Å². The van der Waals surface area contributed by atoms with Crippen LogP contribution in [0, 0.1) is 5.82 Å². The molecule has 1 saturated carbocycles. The quantitative estimate of drug-likeness (QED) is 0.329. The summed E-state index contributed by atoms with van der Waals surface area (Å²) in [6.45, 7) is 2.12. The summed E-state index contributed by atoms with van der Waals surface area (Å²) in [6.07, 6.45) is 11.8. The molecule has 1 aliphatic carbocycles. The highest BCUT2D eigenvalue weighted by molar-refractivity contribution is 6.45. The first kappa shape index (κ1) is 23.3. The number of piperazine rings is 1. The highest BCUT2D eigenvalue weighted by Gasteiger charge is 2.30. The van der Waals surface area contributed by atoms with Crippen LogP contribution >= 0.6 is 0 Å². The lowest BCUT2D eigenvalue weighted by Gasteiger charge is -2.36. The van der Waals surface area contributed by atoms with Crippen molar-refractivity contribution in [1.82, 2.24) is 29.9 Å². The number of benzene rings is 1. The molecule has 0 unspecified atom stereocenters. The summed E-state index contributed by atoms with van der Waals surface area (Å²) < 4.78 is 16.1. The Morgan fingerprint density at radius 1 is 1.05 bits per heavy atom. The van der Waals surface area contributed by atoms with Gasteiger partial charge in [0.2, 0.25) is 0 Å². The van der Waals surface area contributed by atoms with E-state index in [1.807, 2.05) is 0 Å². The molecule has 1 saturated heterocycles. The van der Waals surface area contributed by atoms with Crippen molar-refractivity contribution in [2.24, 2.45) is 0 Å². The number of H-pyrrole nitrogens is 1. The first-order valence-electron chi connectivity index (χ1n) is 12.8. The molecule has 2 fully saturated rings. The van der Waals surface area contributed by atoms with E-state index in [0.717, 1.165) is 11.9 Å². The predicted molar refractivity (Wildman–Crippen MR) is 136 cm³/mol. The number of ketones is 1. The van der Waals surface area contributed by atoms with Crippen molar-refractivity contribution in [3.8, 4) is 5.82 Å². The van der Waals surface area contributed by atoms with E-state index in [2.05, 4.69) is 49.4 Å². The van der Waals surface area contributed by atoms with Crippen molar-refractivity contribution >= 4 is 28.3 Å². The van der Waals surface area contributed by atoms with Gasteiger partial charge in [0.15, 0.2) is 11.6 Å². The van der Waals surface area contributed by atoms with E-state index < -0.39 is 17.5 Å². The van der Waals surface area contributed by atoms with E-state index >= 15 is 0 Å². The topological polar surface area (TPSA) is 100 Å². The molecule has 1 N–H and O–H groups in total. The Labute approximate surface area is 213 Å². The number of rotatable bonds is 5. The van der Waals surface area contributed by atoms with Gasteiger partial charge in [0.25, 0.3) is 11.7 Å². The van der Waals surface area contributed by atoms with Crippen LogP contribution in [0.5, 0.6) is 0 Å². The number of aromatic amines is 1. The molecule has 190 valence electrons. The normalized spacial score (nSPS) is 16.9. The number of anilines is 1. The summed E-state index contributed by atoms with van der Waals surface area (Å²) in [7, 11) is 0. The number of aromatic nitrogens is 5. The van der Waals surface area contributed by atoms with Gasteiger partial charge in [-0.1, -0.05) is 36.6 Å². The lowest BCUT2D eigenvalue weighted by molar-refractivity contribution is -0.126. The summed E-state index contributed by atoms with van der Waals surface area (Å²) in [5.41, 5.74) is 2.83. The molecule has 2 aliphatic rings. The molecule has 10 heteroatoms. The second-order valence-corrected chi connectivity index (χ2v) is 9.77. The van der Waals surface area contributed by atoms with Crippen LogP contribution in [0.25, 0.3) is 16.7 Å². The third-order valence-electron chi connectivity index (χ3n) is 7.60.